The number of aromatic nitrogens is 2. The van der Waals surface area contributed by atoms with Gasteiger partial charge in [-0.25, -0.2) is 4.79 Å². The van der Waals surface area contributed by atoms with Crippen molar-refractivity contribution < 1.29 is 19.4 Å². The normalized spacial score (nSPS) is 10.5. The standard InChI is InChI=1S/C27H25N3O4/c1-33-25-12-11-24(17-26(25)34-16-13-22-6-2-3-15-29-22)30(19-20-5-4-14-28-18-20)23-9-7-21(8-10-23)27(31)32/h2-12,14-15,17-18H,13,16,19H2,1H3,(H,31,32). The summed E-state index contributed by atoms with van der Waals surface area (Å²) in [6, 6.07) is 22.2. The Morgan fingerprint density at radius 1 is 0.941 bits per heavy atom. The molecule has 7 nitrogen and oxygen atoms in total. The van der Waals surface area contributed by atoms with E-state index in [1.807, 2.05) is 54.7 Å². The van der Waals surface area contributed by atoms with E-state index in [1.54, 1.807) is 43.8 Å². The molecule has 0 saturated carbocycles. The lowest BCUT2D eigenvalue weighted by Crippen LogP contribution is -2.17. The van der Waals surface area contributed by atoms with Crippen LogP contribution in [-0.4, -0.2) is 34.8 Å². The third-order valence-corrected chi connectivity index (χ3v) is 5.29. The Labute approximate surface area is 198 Å². The van der Waals surface area contributed by atoms with E-state index in [0.717, 1.165) is 22.6 Å². The van der Waals surface area contributed by atoms with Crippen LogP contribution < -0.4 is 14.4 Å². The van der Waals surface area contributed by atoms with Gasteiger partial charge in [0.2, 0.25) is 0 Å². The highest BCUT2D eigenvalue weighted by atomic mass is 16.5. The van der Waals surface area contributed by atoms with Crippen molar-refractivity contribution in [1.29, 1.82) is 0 Å². The Morgan fingerprint density at radius 2 is 1.76 bits per heavy atom. The molecule has 2 heterocycles. The summed E-state index contributed by atoms with van der Waals surface area (Å²) in [6.45, 7) is 0.993. The van der Waals surface area contributed by atoms with Crippen molar-refractivity contribution in [2.24, 2.45) is 0 Å². The van der Waals surface area contributed by atoms with E-state index in [2.05, 4.69) is 14.9 Å². The third-order valence-electron chi connectivity index (χ3n) is 5.29. The lowest BCUT2D eigenvalue weighted by atomic mass is 10.1. The Hall–Kier alpha value is -4.39. The highest BCUT2D eigenvalue weighted by Gasteiger charge is 2.15. The van der Waals surface area contributed by atoms with Gasteiger partial charge in [0.15, 0.2) is 11.5 Å². The summed E-state index contributed by atoms with van der Waals surface area (Å²) in [5, 5.41) is 9.27. The molecule has 4 aromatic rings. The number of anilines is 2. The molecule has 2 aromatic heterocycles. The zero-order chi connectivity index (χ0) is 23.8. The van der Waals surface area contributed by atoms with Crippen LogP contribution in [0.15, 0.2) is 91.4 Å². The zero-order valence-electron chi connectivity index (χ0n) is 18.8. The summed E-state index contributed by atoms with van der Waals surface area (Å²) < 4.78 is 11.6. The molecule has 4 rings (SSSR count). The first-order valence-electron chi connectivity index (χ1n) is 10.8. The molecular weight excluding hydrogens is 430 g/mol. The maximum atomic E-state index is 11.3. The van der Waals surface area contributed by atoms with Crippen LogP contribution in [0.3, 0.4) is 0 Å². The number of aromatic carboxylic acids is 1. The third kappa shape index (κ3) is 5.69. The molecule has 34 heavy (non-hydrogen) atoms. The first kappa shape index (κ1) is 22.8. The molecular formula is C27H25N3O4. The van der Waals surface area contributed by atoms with Crippen molar-refractivity contribution in [3.63, 3.8) is 0 Å². The van der Waals surface area contributed by atoms with Crippen LogP contribution in [0.1, 0.15) is 21.6 Å². The topological polar surface area (TPSA) is 84.8 Å². The maximum Gasteiger partial charge on any atom is 0.335 e. The predicted molar refractivity (Wildman–Crippen MR) is 130 cm³/mol. The van der Waals surface area contributed by atoms with Crippen LogP contribution >= 0.6 is 0 Å². The highest BCUT2D eigenvalue weighted by Crippen LogP contribution is 2.36. The minimum Gasteiger partial charge on any atom is -0.493 e. The van der Waals surface area contributed by atoms with Gasteiger partial charge in [-0.05, 0) is 60.2 Å². The van der Waals surface area contributed by atoms with Gasteiger partial charge in [-0.3, -0.25) is 9.97 Å². The second-order valence-corrected chi connectivity index (χ2v) is 7.55. The molecule has 2 aromatic carbocycles. The first-order valence-corrected chi connectivity index (χ1v) is 10.8. The molecule has 0 saturated heterocycles. The number of carbonyl (C=O) groups is 1. The summed E-state index contributed by atoms with van der Waals surface area (Å²) in [6.07, 6.45) is 5.98. The van der Waals surface area contributed by atoms with E-state index in [0.29, 0.717) is 31.1 Å². The lowest BCUT2D eigenvalue weighted by Gasteiger charge is -2.26. The molecule has 0 atom stereocenters. The molecule has 0 aliphatic rings. The molecule has 0 fully saturated rings. The van der Waals surface area contributed by atoms with Crippen LogP contribution in [0, 0.1) is 0 Å². The van der Waals surface area contributed by atoms with Crippen molar-refractivity contribution in [2.45, 2.75) is 13.0 Å². The molecule has 0 unspecified atom stereocenters. The van der Waals surface area contributed by atoms with Gasteiger partial charge in [0.1, 0.15) is 0 Å². The molecule has 0 bridgehead atoms. The highest BCUT2D eigenvalue weighted by molar-refractivity contribution is 5.88. The fourth-order valence-electron chi connectivity index (χ4n) is 3.55. The zero-order valence-corrected chi connectivity index (χ0v) is 18.8. The number of nitrogens with zero attached hydrogens (tertiary/aromatic N) is 3. The smallest absolute Gasteiger partial charge is 0.335 e. The van der Waals surface area contributed by atoms with E-state index in [-0.39, 0.29) is 5.56 Å². The largest absolute Gasteiger partial charge is 0.493 e. The Bertz CT molecular complexity index is 1220. The van der Waals surface area contributed by atoms with E-state index in [4.69, 9.17) is 9.47 Å². The Balaban J connectivity index is 1.62. The molecule has 172 valence electrons. The van der Waals surface area contributed by atoms with Gasteiger partial charge in [0.05, 0.1) is 19.3 Å². The molecule has 7 heteroatoms. The summed E-state index contributed by atoms with van der Waals surface area (Å²) >= 11 is 0. The van der Waals surface area contributed by atoms with Crippen LogP contribution in [0.5, 0.6) is 11.5 Å². The van der Waals surface area contributed by atoms with Gasteiger partial charge < -0.3 is 19.5 Å². The summed E-state index contributed by atoms with van der Waals surface area (Å²) in [4.78, 5) is 21.9. The van der Waals surface area contributed by atoms with Crippen LogP contribution in [-0.2, 0) is 13.0 Å². The van der Waals surface area contributed by atoms with Crippen molar-refractivity contribution >= 4 is 17.3 Å². The van der Waals surface area contributed by atoms with Crippen molar-refractivity contribution in [1.82, 2.24) is 9.97 Å². The number of rotatable bonds is 10. The average Bonchev–Trinajstić information content (AvgIpc) is 2.88. The number of hydrogen-bond acceptors (Lipinski definition) is 6. The maximum absolute atomic E-state index is 11.3. The minimum atomic E-state index is -0.960. The second kappa shape index (κ2) is 11.0. The van der Waals surface area contributed by atoms with Gasteiger partial charge in [0.25, 0.3) is 0 Å². The SMILES string of the molecule is COc1ccc(N(Cc2cccnc2)c2ccc(C(=O)O)cc2)cc1OCCc1ccccn1. The summed E-state index contributed by atoms with van der Waals surface area (Å²) in [7, 11) is 1.61. The molecule has 0 aliphatic carbocycles. The molecule has 0 amide bonds. The summed E-state index contributed by atoms with van der Waals surface area (Å²) in [5.41, 5.74) is 3.92. The van der Waals surface area contributed by atoms with E-state index in [1.165, 1.54) is 0 Å². The van der Waals surface area contributed by atoms with Gasteiger partial charge in [-0.2, -0.15) is 0 Å². The number of carboxylic acid groups (broad SMARTS) is 1. The second-order valence-electron chi connectivity index (χ2n) is 7.55. The van der Waals surface area contributed by atoms with Crippen LogP contribution in [0.4, 0.5) is 11.4 Å². The molecule has 0 aliphatic heterocycles. The van der Waals surface area contributed by atoms with Crippen molar-refractivity contribution in [3.05, 3.63) is 108 Å². The molecule has 0 radical (unpaired) electrons. The van der Waals surface area contributed by atoms with Crippen molar-refractivity contribution in [2.75, 3.05) is 18.6 Å². The number of benzene rings is 2. The monoisotopic (exact) mass is 455 g/mol. The van der Waals surface area contributed by atoms with Gasteiger partial charge in [-0.15, -0.1) is 0 Å². The van der Waals surface area contributed by atoms with Crippen LogP contribution in [0.2, 0.25) is 0 Å². The van der Waals surface area contributed by atoms with Gasteiger partial charge >= 0.3 is 5.97 Å². The predicted octanol–water partition coefficient (Wildman–Crippen LogP) is 5.14. The van der Waals surface area contributed by atoms with E-state index < -0.39 is 5.97 Å². The summed E-state index contributed by atoms with van der Waals surface area (Å²) in [5.74, 6) is 0.292. The average molecular weight is 456 g/mol. The fraction of sp³-hybridized carbons (Fsp3) is 0.148. The van der Waals surface area contributed by atoms with Crippen molar-refractivity contribution in [3.8, 4) is 11.5 Å². The van der Waals surface area contributed by atoms with Gasteiger partial charge in [0, 0.05) is 54.7 Å². The number of hydrogen-bond donors (Lipinski definition) is 1. The minimum absolute atomic E-state index is 0.235. The molecule has 0 spiro atoms. The lowest BCUT2D eigenvalue weighted by molar-refractivity contribution is 0.0697. The van der Waals surface area contributed by atoms with E-state index in [9.17, 15) is 9.90 Å². The number of ether oxygens (including phenoxy) is 2. The first-order chi connectivity index (χ1) is 16.6. The Kier molecular flexibility index (Phi) is 7.35. The molecule has 1 N–H and O–H groups in total. The Morgan fingerprint density at radius 3 is 2.44 bits per heavy atom. The quantitative estimate of drug-likeness (QED) is 0.354. The number of methoxy groups -OCH3 is 1. The fourth-order valence-corrected chi connectivity index (χ4v) is 3.55. The van der Waals surface area contributed by atoms with E-state index >= 15 is 0 Å². The number of pyridine rings is 2. The van der Waals surface area contributed by atoms with Gasteiger partial charge in [-0.1, -0.05) is 12.1 Å². The number of carboxylic acids is 1. The van der Waals surface area contributed by atoms with Crippen LogP contribution in [0.25, 0.3) is 0 Å².